The molecule has 0 N–H and O–H groups in total. The third kappa shape index (κ3) is 0.778. The van der Waals surface area contributed by atoms with Gasteiger partial charge in [-0.15, -0.1) is 0 Å². The standard InChI is InChI=1S/C7H10NS/c1-7(2-3-7)8-4-5-9-6-8/h4-6H,2-3H2,1H3/q+1. The number of nitrogens with zero attached hydrogens (tertiary/aromatic N) is 1. The quantitative estimate of drug-likeness (QED) is 0.521. The molecule has 9 heavy (non-hydrogen) atoms. The lowest BCUT2D eigenvalue weighted by atomic mass is 10.3. The molecule has 0 amide bonds. The van der Waals surface area contributed by atoms with Crippen LogP contribution in [0.2, 0.25) is 0 Å². The smallest absolute Gasteiger partial charge is 0.190 e. The summed E-state index contributed by atoms with van der Waals surface area (Å²) in [5.74, 6) is 0. The van der Waals surface area contributed by atoms with Crippen molar-refractivity contribution in [2.45, 2.75) is 25.3 Å². The SMILES string of the molecule is CC1([n+]2ccsc2)CC1. The van der Waals surface area contributed by atoms with Gasteiger partial charge >= 0.3 is 0 Å². The molecule has 0 unspecified atom stereocenters. The Morgan fingerprint density at radius 2 is 2.33 bits per heavy atom. The average molecular weight is 140 g/mol. The Balaban J connectivity index is 2.34. The maximum atomic E-state index is 2.32. The molecule has 1 fully saturated rings. The van der Waals surface area contributed by atoms with Crippen molar-refractivity contribution in [2.24, 2.45) is 0 Å². The Morgan fingerprint density at radius 1 is 1.56 bits per heavy atom. The van der Waals surface area contributed by atoms with E-state index >= 15 is 0 Å². The van der Waals surface area contributed by atoms with E-state index in [-0.39, 0.29) is 0 Å². The fraction of sp³-hybridized carbons (Fsp3) is 0.571. The molecule has 0 saturated heterocycles. The summed E-state index contributed by atoms with van der Waals surface area (Å²) in [5, 5.41) is 2.13. The summed E-state index contributed by atoms with van der Waals surface area (Å²) in [6, 6.07) is 0. The molecule has 1 saturated carbocycles. The third-order valence-corrected chi connectivity index (χ3v) is 2.70. The predicted octanol–water partition coefficient (Wildman–Crippen LogP) is 1.54. The van der Waals surface area contributed by atoms with Gasteiger partial charge in [-0.25, -0.2) is 0 Å². The zero-order chi connectivity index (χ0) is 6.32. The van der Waals surface area contributed by atoms with Gasteiger partial charge in [-0.2, -0.15) is 4.57 Å². The molecule has 0 bridgehead atoms. The first-order valence-corrected chi connectivity index (χ1v) is 4.19. The molecule has 0 spiro atoms. The molecule has 48 valence electrons. The molecular formula is C7H10NS+. The summed E-state index contributed by atoms with van der Waals surface area (Å²) < 4.78 is 2.32. The lowest BCUT2D eigenvalue weighted by Gasteiger charge is -1.95. The van der Waals surface area contributed by atoms with E-state index in [0.29, 0.717) is 5.54 Å². The van der Waals surface area contributed by atoms with Crippen LogP contribution in [0.25, 0.3) is 0 Å². The number of thiazole rings is 1. The van der Waals surface area contributed by atoms with Gasteiger partial charge in [-0.3, -0.25) is 0 Å². The molecule has 1 heterocycles. The van der Waals surface area contributed by atoms with E-state index in [2.05, 4.69) is 28.6 Å². The fourth-order valence-corrected chi connectivity index (χ4v) is 1.71. The Bertz CT molecular complexity index is 199. The number of rotatable bonds is 1. The van der Waals surface area contributed by atoms with Gasteiger partial charge in [0.05, 0.1) is 5.38 Å². The molecule has 0 radical (unpaired) electrons. The Morgan fingerprint density at radius 3 is 2.78 bits per heavy atom. The maximum Gasteiger partial charge on any atom is 0.225 e. The first-order valence-electron chi connectivity index (χ1n) is 3.25. The molecular weight excluding hydrogens is 130 g/mol. The zero-order valence-electron chi connectivity index (χ0n) is 5.50. The van der Waals surface area contributed by atoms with Crippen molar-refractivity contribution in [1.82, 2.24) is 0 Å². The highest BCUT2D eigenvalue weighted by atomic mass is 32.1. The molecule has 1 aromatic rings. The summed E-state index contributed by atoms with van der Waals surface area (Å²) in [6.07, 6.45) is 4.88. The van der Waals surface area contributed by atoms with Crippen molar-refractivity contribution in [1.29, 1.82) is 0 Å². The summed E-state index contributed by atoms with van der Waals surface area (Å²) in [6.45, 7) is 2.31. The average Bonchev–Trinajstić information content (AvgIpc) is 2.46. The second-order valence-corrected chi connectivity index (χ2v) is 3.69. The molecule has 2 rings (SSSR count). The van der Waals surface area contributed by atoms with Gasteiger partial charge in [0.1, 0.15) is 0 Å². The molecule has 1 nitrogen and oxygen atoms in total. The van der Waals surface area contributed by atoms with Crippen molar-refractivity contribution < 1.29 is 4.57 Å². The van der Waals surface area contributed by atoms with Gasteiger partial charge < -0.3 is 0 Å². The lowest BCUT2D eigenvalue weighted by molar-refractivity contribution is -0.731. The maximum absolute atomic E-state index is 2.32. The minimum Gasteiger partial charge on any atom is -0.190 e. The summed E-state index contributed by atoms with van der Waals surface area (Å²) >= 11 is 1.77. The van der Waals surface area contributed by atoms with Crippen LogP contribution in [0.4, 0.5) is 0 Å². The predicted molar refractivity (Wildman–Crippen MR) is 37.4 cm³/mol. The second-order valence-electron chi connectivity index (χ2n) is 2.93. The summed E-state index contributed by atoms with van der Waals surface area (Å²) in [5.41, 5.74) is 2.69. The first kappa shape index (κ1) is 5.42. The van der Waals surface area contributed by atoms with Crippen LogP contribution >= 0.6 is 11.3 Å². The third-order valence-electron chi connectivity index (χ3n) is 2.07. The Labute approximate surface area is 59.0 Å². The monoisotopic (exact) mass is 140 g/mol. The lowest BCUT2D eigenvalue weighted by Crippen LogP contribution is -2.41. The van der Waals surface area contributed by atoms with Crippen LogP contribution in [0.5, 0.6) is 0 Å². The van der Waals surface area contributed by atoms with E-state index in [0.717, 1.165) is 0 Å². The van der Waals surface area contributed by atoms with Crippen LogP contribution in [0.3, 0.4) is 0 Å². The van der Waals surface area contributed by atoms with Gasteiger partial charge in [0.15, 0.2) is 11.7 Å². The van der Waals surface area contributed by atoms with Crippen LogP contribution in [0.15, 0.2) is 17.1 Å². The normalized spacial score (nSPS) is 21.9. The highest BCUT2D eigenvalue weighted by molar-refractivity contribution is 7.07. The van der Waals surface area contributed by atoms with Crippen molar-refractivity contribution in [3.63, 3.8) is 0 Å². The van der Waals surface area contributed by atoms with Crippen molar-refractivity contribution in [3.05, 3.63) is 17.1 Å². The largest absolute Gasteiger partial charge is 0.225 e. The molecule has 2 heteroatoms. The Kier molecular flexibility index (Phi) is 0.943. The molecule has 0 aliphatic heterocycles. The van der Waals surface area contributed by atoms with E-state index < -0.39 is 0 Å². The minimum absolute atomic E-state index is 0.500. The number of aromatic nitrogens is 1. The first-order chi connectivity index (χ1) is 4.31. The van der Waals surface area contributed by atoms with Gasteiger partial charge in [0.25, 0.3) is 0 Å². The molecule has 0 atom stereocenters. The van der Waals surface area contributed by atoms with Crippen molar-refractivity contribution in [2.75, 3.05) is 0 Å². The minimum atomic E-state index is 0.500. The van der Waals surface area contributed by atoms with Crippen molar-refractivity contribution in [3.8, 4) is 0 Å². The highest BCUT2D eigenvalue weighted by Crippen LogP contribution is 2.37. The van der Waals surface area contributed by atoms with Crippen LogP contribution in [0.1, 0.15) is 19.8 Å². The molecule has 1 aromatic heterocycles. The van der Waals surface area contributed by atoms with E-state index in [4.69, 9.17) is 0 Å². The van der Waals surface area contributed by atoms with Gasteiger partial charge in [-0.1, -0.05) is 11.3 Å². The van der Waals surface area contributed by atoms with Crippen LogP contribution in [-0.4, -0.2) is 0 Å². The van der Waals surface area contributed by atoms with Crippen LogP contribution in [-0.2, 0) is 5.54 Å². The van der Waals surface area contributed by atoms with Crippen LogP contribution < -0.4 is 4.57 Å². The van der Waals surface area contributed by atoms with Gasteiger partial charge in [-0.05, 0) is 0 Å². The van der Waals surface area contributed by atoms with Crippen molar-refractivity contribution >= 4 is 11.3 Å². The fourth-order valence-electron chi connectivity index (χ4n) is 0.983. The van der Waals surface area contributed by atoms with E-state index in [1.807, 2.05) is 0 Å². The molecule has 0 aromatic carbocycles. The zero-order valence-corrected chi connectivity index (χ0v) is 6.32. The van der Waals surface area contributed by atoms with Gasteiger partial charge in [0, 0.05) is 19.8 Å². The van der Waals surface area contributed by atoms with E-state index in [1.54, 1.807) is 11.3 Å². The van der Waals surface area contributed by atoms with Gasteiger partial charge in [0.2, 0.25) is 5.51 Å². The van der Waals surface area contributed by atoms with Crippen LogP contribution in [0, 0.1) is 0 Å². The molecule has 1 aliphatic rings. The number of hydrogen-bond acceptors (Lipinski definition) is 1. The Hall–Kier alpha value is -0.370. The number of hydrogen-bond donors (Lipinski definition) is 0. The summed E-state index contributed by atoms with van der Waals surface area (Å²) in [4.78, 5) is 0. The van der Waals surface area contributed by atoms with E-state index in [9.17, 15) is 0 Å². The molecule has 1 aliphatic carbocycles. The highest BCUT2D eigenvalue weighted by Gasteiger charge is 2.47. The summed E-state index contributed by atoms with van der Waals surface area (Å²) in [7, 11) is 0. The van der Waals surface area contributed by atoms with E-state index in [1.165, 1.54) is 12.8 Å². The second kappa shape index (κ2) is 1.57. The topological polar surface area (TPSA) is 3.88 Å².